The van der Waals surface area contributed by atoms with Gasteiger partial charge in [-0.25, -0.2) is 8.78 Å². The van der Waals surface area contributed by atoms with Crippen molar-refractivity contribution in [2.75, 3.05) is 5.32 Å². The number of rotatable bonds is 3. The van der Waals surface area contributed by atoms with Crippen molar-refractivity contribution in [3.63, 3.8) is 0 Å². The minimum Gasteiger partial charge on any atom is -0.320 e. The second-order valence-corrected chi connectivity index (χ2v) is 4.28. The highest BCUT2D eigenvalue weighted by Crippen LogP contribution is 2.15. The lowest BCUT2D eigenvalue weighted by Crippen LogP contribution is -2.09. The average Bonchev–Trinajstić information content (AvgIpc) is 2.83. The number of amides is 1. The Balaban J connectivity index is 2.03. The number of halogens is 2. The van der Waals surface area contributed by atoms with Crippen LogP contribution < -0.4 is 5.32 Å². The molecule has 0 radical (unpaired) electrons. The largest absolute Gasteiger partial charge is 0.320 e. The summed E-state index contributed by atoms with van der Waals surface area (Å²) in [6.45, 7) is 0. The Morgan fingerprint density at radius 1 is 1.28 bits per heavy atom. The first-order valence-electron chi connectivity index (χ1n) is 5.11. The van der Waals surface area contributed by atoms with Crippen molar-refractivity contribution in [1.29, 1.82) is 0 Å². The molecule has 0 fully saturated rings. The first-order chi connectivity index (χ1) is 8.65. The number of carbonyl (C=O) groups excluding carboxylic acids is 1. The third-order valence-corrected chi connectivity index (χ3v) is 2.86. The molecule has 0 spiro atoms. The molecule has 2 rings (SSSR count). The van der Waals surface area contributed by atoms with Gasteiger partial charge in [-0.15, -0.1) is 0 Å². The third kappa shape index (κ3) is 3.24. The zero-order valence-electron chi connectivity index (χ0n) is 9.19. The van der Waals surface area contributed by atoms with E-state index in [9.17, 15) is 13.6 Å². The molecule has 92 valence electrons. The molecule has 0 aliphatic rings. The number of benzene rings is 1. The zero-order chi connectivity index (χ0) is 13.0. The lowest BCUT2D eigenvalue weighted by atomic mass is 10.2. The number of hydrogen-bond acceptors (Lipinski definition) is 2. The summed E-state index contributed by atoms with van der Waals surface area (Å²) in [5.74, 6) is -1.95. The fourth-order valence-electron chi connectivity index (χ4n) is 1.31. The van der Waals surface area contributed by atoms with E-state index in [1.807, 2.05) is 16.8 Å². The van der Waals surface area contributed by atoms with Gasteiger partial charge in [0, 0.05) is 12.1 Å². The van der Waals surface area contributed by atoms with Crippen molar-refractivity contribution in [3.05, 3.63) is 58.3 Å². The molecule has 1 heterocycles. The topological polar surface area (TPSA) is 29.1 Å². The minimum atomic E-state index is -0.799. The average molecular weight is 265 g/mol. The standard InChI is InChI=1S/C13H9F2NOS/c14-10-2-3-12(11(15)7-10)16-13(17)4-1-9-5-6-18-8-9/h1-8H,(H,16,17)/b4-1+. The summed E-state index contributed by atoms with van der Waals surface area (Å²) in [4.78, 5) is 11.5. The van der Waals surface area contributed by atoms with E-state index in [4.69, 9.17) is 0 Å². The van der Waals surface area contributed by atoms with E-state index < -0.39 is 17.5 Å². The summed E-state index contributed by atoms with van der Waals surface area (Å²) < 4.78 is 25.9. The summed E-state index contributed by atoms with van der Waals surface area (Å²) in [7, 11) is 0. The fourth-order valence-corrected chi connectivity index (χ4v) is 1.94. The van der Waals surface area contributed by atoms with Crippen LogP contribution in [0.4, 0.5) is 14.5 Å². The quantitative estimate of drug-likeness (QED) is 0.843. The highest BCUT2D eigenvalue weighted by molar-refractivity contribution is 7.08. The predicted molar refractivity (Wildman–Crippen MR) is 68.3 cm³/mol. The van der Waals surface area contributed by atoms with Gasteiger partial charge in [0.1, 0.15) is 11.6 Å². The summed E-state index contributed by atoms with van der Waals surface area (Å²) in [6, 6.07) is 4.84. The van der Waals surface area contributed by atoms with Gasteiger partial charge in [0.2, 0.25) is 5.91 Å². The van der Waals surface area contributed by atoms with Gasteiger partial charge in [0.15, 0.2) is 0 Å². The lowest BCUT2D eigenvalue weighted by molar-refractivity contribution is -0.111. The van der Waals surface area contributed by atoms with Gasteiger partial charge >= 0.3 is 0 Å². The maximum Gasteiger partial charge on any atom is 0.248 e. The summed E-state index contributed by atoms with van der Waals surface area (Å²) in [5, 5.41) is 6.10. The number of hydrogen-bond donors (Lipinski definition) is 1. The molecule has 0 aliphatic carbocycles. The molecule has 0 unspecified atom stereocenters. The highest BCUT2D eigenvalue weighted by atomic mass is 32.1. The highest BCUT2D eigenvalue weighted by Gasteiger charge is 2.05. The van der Waals surface area contributed by atoms with Crippen LogP contribution in [0, 0.1) is 11.6 Å². The van der Waals surface area contributed by atoms with Crippen molar-refractivity contribution in [2.45, 2.75) is 0 Å². The Kier molecular flexibility index (Phi) is 3.84. The van der Waals surface area contributed by atoms with Crippen LogP contribution in [0.25, 0.3) is 6.08 Å². The zero-order valence-corrected chi connectivity index (χ0v) is 10.0. The molecule has 1 aromatic carbocycles. The van der Waals surface area contributed by atoms with Crippen LogP contribution in [0.2, 0.25) is 0 Å². The molecule has 0 bridgehead atoms. The van der Waals surface area contributed by atoms with E-state index in [1.165, 1.54) is 23.5 Å². The molecule has 0 atom stereocenters. The van der Waals surface area contributed by atoms with Crippen LogP contribution in [-0.2, 0) is 4.79 Å². The Morgan fingerprint density at radius 3 is 2.78 bits per heavy atom. The monoisotopic (exact) mass is 265 g/mol. The molecule has 0 aliphatic heterocycles. The molecule has 0 saturated heterocycles. The maximum absolute atomic E-state index is 13.2. The second kappa shape index (κ2) is 5.55. The van der Waals surface area contributed by atoms with E-state index in [1.54, 1.807) is 6.08 Å². The van der Waals surface area contributed by atoms with Crippen LogP contribution in [-0.4, -0.2) is 5.91 Å². The van der Waals surface area contributed by atoms with Gasteiger partial charge in [-0.05, 0) is 40.6 Å². The van der Waals surface area contributed by atoms with Gasteiger partial charge in [-0.1, -0.05) is 0 Å². The molecule has 5 heteroatoms. The molecule has 2 nitrogen and oxygen atoms in total. The molecule has 0 saturated carbocycles. The summed E-state index contributed by atoms with van der Waals surface area (Å²) >= 11 is 1.51. The SMILES string of the molecule is O=C(/C=C/c1ccsc1)Nc1ccc(F)cc1F. The van der Waals surface area contributed by atoms with E-state index in [0.717, 1.165) is 17.7 Å². The summed E-state index contributed by atoms with van der Waals surface area (Å²) in [6.07, 6.45) is 2.91. The molecule has 1 amide bonds. The van der Waals surface area contributed by atoms with Crippen molar-refractivity contribution >= 4 is 29.0 Å². The van der Waals surface area contributed by atoms with E-state index in [2.05, 4.69) is 5.32 Å². The lowest BCUT2D eigenvalue weighted by Gasteiger charge is -2.03. The first-order valence-corrected chi connectivity index (χ1v) is 6.06. The Hall–Kier alpha value is -2.01. The van der Waals surface area contributed by atoms with Gasteiger partial charge in [-0.2, -0.15) is 11.3 Å². The smallest absolute Gasteiger partial charge is 0.248 e. The van der Waals surface area contributed by atoms with Crippen LogP contribution in [0.5, 0.6) is 0 Å². The molecular formula is C13H9F2NOS. The van der Waals surface area contributed by atoms with Gasteiger partial charge in [0.05, 0.1) is 5.69 Å². The molecular weight excluding hydrogens is 256 g/mol. The van der Waals surface area contributed by atoms with Crippen LogP contribution >= 0.6 is 11.3 Å². The van der Waals surface area contributed by atoms with E-state index in [0.29, 0.717) is 0 Å². The molecule has 1 N–H and O–H groups in total. The Labute approximate surface area is 107 Å². The van der Waals surface area contributed by atoms with Crippen molar-refractivity contribution < 1.29 is 13.6 Å². The molecule has 2 aromatic rings. The van der Waals surface area contributed by atoms with Crippen molar-refractivity contribution in [3.8, 4) is 0 Å². The first kappa shape index (κ1) is 12.4. The third-order valence-electron chi connectivity index (χ3n) is 2.16. The summed E-state index contributed by atoms with van der Waals surface area (Å²) in [5.41, 5.74) is 0.853. The van der Waals surface area contributed by atoms with Crippen molar-refractivity contribution in [1.82, 2.24) is 0 Å². The normalized spacial score (nSPS) is 10.8. The molecule has 1 aromatic heterocycles. The molecule has 18 heavy (non-hydrogen) atoms. The van der Waals surface area contributed by atoms with Gasteiger partial charge in [0.25, 0.3) is 0 Å². The maximum atomic E-state index is 13.2. The van der Waals surface area contributed by atoms with Gasteiger partial charge in [-0.3, -0.25) is 4.79 Å². The Morgan fingerprint density at radius 2 is 2.11 bits per heavy atom. The van der Waals surface area contributed by atoms with Crippen LogP contribution in [0.1, 0.15) is 5.56 Å². The Bertz CT molecular complexity index is 579. The number of carbonyl (C=O) groups is 1. The second-order valence-electron chi connectivity index (χ2n) is 3.50. The number of nitrogens with one attached hydrogen (secondary N) is 1. The number of anilines is 1. The van der Waals surface area contributed by atoms with E-state index in [-0.39, 0.29) is 5.69 Å². The predicted octanol–water partition coefficient (Wildman–Crippen LogP) is 3.68. The van der Waals surface area contributed by atoms with Crippen LogP contribution in [0.15, 0.2) is 41.1 Å². The van der Waals surface area contributed by atoms with Gasteiger partial charge < -0.3 is 5.32 Å². The fraction of sp³-hybridized carbons (Fsp3) is 0. The van der Waals surface area contributed by atoms with Crippen molar-refractivity contribution in [2.24, 2.45) is 0 Å². The number of thiophene rings is 1. The van der Waals surface area contributed by atoms with E-state index >= 15 is 0 Å². The minimum absolute atomic E-state index is 0.0450. The van der Waals surface area contributed by atoms with Crippen LogP contribution in [0.3, 0.4) is 0 Å².